The van der Waals surface area contributed by atoms with Crippen LogP contribution in [-0.2, 0) is 17.9 Å². The SMILES string of the molecule is Cc1nc(CN2CCCN(C(=O)CCn3cnnc3)CC2)cs1. The van der Waals surface area contributed by atoms with E-state index in [4.69, 9.17) is 0 Å². The van der Waals surface area contributed by atoms with Gasteiger partial charge in [0.2, 0.25) is 5.91 Å². The minimum Gasteiger partial charge on any atom is -0.341 e. The van der Waals surface area contributed by atoms with Crippen LogP contribution in [0.2, 0.25) is 0 Å². The molecule has 1 aliphatic heterocycles. The Bertz CT molecular complexity index is 626. The van der Waals surface area contributed by atoms with Gasteiger partial charge in [-0.25, -0.2) is 4.98 Å². The highest BCUT2D eigenvalue weighted by Gasteiger charge is 2.19. The average molecular weight is 334 g/mol. The molecule has 0 atom stereocenters. The summed E-state index contributed by atoms with van der Waals surface area (Å²) in [7, 11) is 0. The highest BCUT2D eigenvalue weighted by molar-refractivity contribution is 7.09. The molecule has 0 saturated carbocycles. The van der Waals surface area contributed by atoms with E-state index >= 15 is 0 Å². The average Bonchev–Trinajstić information content (AvgIpc) is 3.13. The van der Waals surface area contributed by atoms with E-state index in [2.05, 4.69) is 25.5 Å². The fourth-order valence-corrected chi connectivity index (χ4v) is 3.41. The Labute approximate surface area is 140 Å². The lowest BCUT2D eigenvalue weighted by molar-refractivity contribution is -0.131. The molecule has 7 nitrogen and oxygen atoms in total. The molecule has 8 heteroatoms. The van der Waals surface area contributed by atoms with Crippen LogP contribution in [0.25, 0.3) is 0 Å². The minimum absolute atomic E-state index is 0.213. The summed E-state index contributed by atoms with van der Waals surface area (Å²) in [4.78, 5) is 21.3. The van der Waals surface area contributed by atoms with Crippen molar-refractivity contribution in [1.29, 1.82) is 0 Å². The Morgan fingerprint density at radius 1 is 1.22 bits per heavy atom. The van der Waals surface area contributed by atoms with Crippen molar-refractivity contribution in [3.63, 3.8) is 0 Å². The third-order valence-electron chi connectivity index (χ3n) is 4.04. The molecule has 0 aliphatic carbocycles. The second-order valence-electron chi connectivity index (χ2n) is 5.82. The number of aryl methyl sites for hydroxylation is 2. The first-order valence-corrected chi connectivity index (χ1v) is 8.82. The minimum atomic E-state index is 0.213. The van der Waals surface area contributed by atoms with Crippen LogP contribution in [0.4, 0.5) is 0 Å². The molecule has 3 rings (SSSR count). The van der Waals surface area contributed by atoms with Crippen molar-refractivity contribution in [2.45, 2.75) is 32.9 Å². The molecule has 0 bridgehead atoms. The van der Waals surface area contributed by atoms with Crippen molar-refractivity contribution in [3.8, 4) is 0 Å². The standard InChI is InChI=1S/C15H22N6OS/c1-13-18-14(10-23-13)9-19-4-2-5-21(8-7-19)15(22)3-6-20-11-16-17-12-20/h10-12H,2-9H2,1H3. The van der Waals surface area contributed by atoms with Gasteiger partial charge in [-0.1, -0.05) is 0 Å². The topological polar surface area (TPSA) is 67.2 Å². The second kappa shape index (κ2) is 7.65. The van der Waals surface area contributed by atoms with Gasteiger partial charge in [0.15, 0.2) is 0 Å². The van der Waals surface area contributed by atoms with E-state index in [1.165, 1.54) is 0 Å². The Kier molecular flexibility index (Phi) is 5.35. The smallest absolute Gasteiger partial charge is 0.224 e. The lowest BCUT2D eigenvalue weighted by Crippen LogP contribution is -2.35. The molecule has 1 fully saturated rings. The molecule has 0 N–H and O–H groups in total. The van der Waals surface area contributed by atoms with Crippen molar-refractivity contribution in [2.24, 2.45) is 0 Å². The zero-order valence-electron chi connectivity index (χ0n) is 13.4. The maximum Gasteiger partial charge on any atom is 0.224 e. The van der Waals surface area contributed by atoms with Crippen LogP contribution in [0.1, 0.15) is 23.5 Å². The van der Waals surface area contributed by atoms with Crippen molar-refractivity contribution in [2.75, 3.05) is 26.2 Å². The molecule has 1 amide bonds. The van der Waals surface area contributed by atoms with Gasteiger partial charge in [0, 0.05) is 51.1 Å². The summed E-state index contributed by atoms with van der Waals surface area (Å²) in [5, 5.41) is 10.7. The van der Waals surface area contributed by atoms with Gasteiger partial charge in [-0.15, -0.1) is 21.5 Å². The number of carbonyl (C=O) groups is 1. The normalized spacial score (nSPS) is 16.5. The Hall–Kier alpha value is -1.80. The van der Waals surface area contributed by atoms with Gasteiger partial charge < -0.3 is 9.47 Å². The molecule has 3 heterocycles. The molecule has 0 radical (unpaired) electrons. The third-order valence-corrected chi connectivity index (χ3v) is 4.87. The zero-order chi connectivity index (χ0) is 16.1. The first-order valence-electron chi connectivity index (χ1n) is 7.94. The number of amides is 1. The maximum absolute atomic E-state index is 12.4. The second-order valence-corrected chi connectivity index (χ2v) is 6.88. The number of hydrogen-bond donors (Lipinski definition) is 0. The quantitative estimate of drug-likeness (QED) is 0.821. The summed E-state index contributed by atoms with van der Waals surface area (Å²) in [6.07, 6.45) is 4.81. The van der Waals surface area contributed by atoms with Crippen molar-refractivity contribution < 1.29 is 4.79 Å². The maximum atomic E-state index is 12.4. The fraction of sp³-hybridized carbons (Fsp3) is 0.600. The van der Waals surface area contributed by atoms with E-state index in [0.717, 1.165) is 49.8 Å². The van der Waals surface area contributed by atoms with Gasteiger partial charge >= 0.3 is 0 Å². The Morgan fingerprint density at radius 2 is 2.04 bits per heavy atom. The number of nitrogens with zero attached hydrogens (tertiary/aromatic N) is 6. The fourth-order valence-electron chi connectivity index (χ4n) is 2.81. The Morgan fingerprint density at radius 3 is 2.78 bits per heavy atom. The van der Waals surface area contributed by atoms with E-state index in [1.807, 2.05) is 16.4 Å². The summed E-state index contributed by atoms with van der Waals surface area (Å²) < 4.78 is 1.84. The van der Waals surface area contributed by atoms with E-state index in [1.54, 1.807) is 24.0 Å². The predicted octanol–water partition coefficient (Wildman–Crippen LogP) is 1.17. The van der Waals surface area contributed by atoms with Gasteiger partial charge in [-0.05, 0) is 13.3 Å². The van der Waals surface area contributed by atoms with Crippen LogP contribution in [0, 0.1) is 6.92 Å². The van der Waals surface area contributed by atoms with Crippen LogP contribution in [0.5, 0.6) is 0 Å². The number of thiazole rings is 1. The van der Waals surface area contributed by atoms with Crippen molar-refractivity contribution in [3.05, 3.63) is 28.7 Å². The van der Waals surface area contributed by atoms with Crippen LogP contribution < -0.4 is 0 Å². The highest BCUT2D eigenvalue weighted by Crippen LogP contribution is 2.13. The largest absolute Gasteiger partial charge is 0.341 e. The lowest BCUT2D eigenvalue weighted by Gasteiger charge is -2.21. The third kappa shape index (κ3) is 4.59. The molecule has 124 valence electrons. The zero-order valence-corrected chi connectivity index (χ0v) is 14.2. The van der Waals surface area contributed by atoms with Gasteiger partial charge in [-0.3, -0.25) is 9.69 Å². The van der Waals surface area contributed by atoms with Crippen LogP contribution in [0.3, 0.4) is 0 Å². The van der Waals surface area contributed by atoms with Gasteiger partial charge in [0.25, 0.3) is 0 Å². The van der Waals surface area contributed by atoms with E-state index in [-0.39, 0.29) is 5.91 Å². The first kappa shape index (κ1) is 16.1. The monoisotopic (exact) mass is 334 g/mol. The van der Waals surface area contributed by atoms with Crippen molar-refractivity contribution in [1.82, 2.24) is 29.5 Å². The van der Waals surface area contributed by atoms with Gasteiger partial charge in [0.05, 0.1) is 10.7 Å². The van der Waals surface area contributed by atoms with Crippen LogP contribution >= 0.6 is 11.3 Å². The summed E-state index contributed by atoms with van der Waals surface area (Å²) in [5.41, 5.74) is 1.14. The summed E-state index contributed by atoms with van der Waals surface area (Å²) in [6, 6.07) is 0. The summed E-state index contributed by atoms with van der Waals surface area (Å²) in [6.45, 7) is 7.13. The lowest BCUT2D eigenvalue weighted by atomic mass is 10.3. The molecular formula is C15H22N6OS. The number of carbonyl (C=O) groups excluding carboxylic acids is 1. The summed E-state index contributed by atoms with van der Waals surface area (Å²) in [5.74, 6) is 0.213. The van der Waals surface area contributed by atoms with Gasteiger partial charge in [-0.2, -0.15) is 0 Å². The molecule has 23 heavy (non-hydrogen) atoms. The molecule has 0 aromatic carbocycles. The van der Waals surface area contributed by atoms with Crippen LogP contribution in [-0.4, -0.2) is 61.6 Å². The number of hydrogen-bond acceptors (Lipinski definition) is 6. The molecule has 2 aromatic rings. The molecular weight excluding hydrogens is 312 g/mol. The van der Waals surface area contributed by atoms with Crippen LogP contribution in [0.15, 0.2) is 18.0 Å². The van der Waals surface area contributed by atoms with E-state index in [9.17, 15) is 4.79 Å². The van der Waals surface area contributed by atoms with E-state index in [0.29, 0.717) is 13.0 Å². The number of rotatable bonds is 5. The molecule has 0 unspecified atom stereocenters. The summed E-state index contributed by atoms with van der Waals surface area (Å²) >= 11 is 1.69. The van der Waals surface area contributed by atoms with Crippen molar-refractivity contribution >= 4 is 17.2 Å². The van der Waals surface area contributed by atoms with Gasteiger partial charge in [0.1, 0.15) is 12.7 Å². The predicted molar refractivity (Wildman–Crippen MR) is 88.0 cm³/mol. The molecule has 2 aromatic heterocycles. The Balaban J connectivity index is 1.46. The molecule has 0 spiro atoms. The highest BCUT2D eigenvalue weighted by atomic mass is 32.1. The first-order chi connectivity index (χ1) is 11.2. The van der Waals surface area contributed by atoms with E-state index < -0.39 is 0 Å². The molecule has 1 saturated heterocycles. The number of aromatic nitrogens is 4. The molecule has 1 aliphatic rings.